The van der Waals surface area contributed by atoms with E-state index < -0.39 is 11.7 Å². The van der Waals surface area contributed by atoms with Crippen LogP contribution in [0.2, 0.25) is 0 Å². The number of likely N-dealkylation sites (tertiary alicyclic amines) is 1. The number of nitrogens with one attached hydrogen (secondary N) is 1. The molecule has 1 aromatic rings. The van der Waals surface area contributed by atoms with E-state index in [0.29, 0.717) is 56.2 Å². The average Bonchev–Trinajstić information content (AvgIpc) is 3.05. The summed E-state index contributed by atoms with van der Waals surface area (Å²) >= 11 is 0. The summed E-state index contributed by atoms with van der Waals surface area (Å²) in [5.41, 5.74) is 7.12. The molecule has 0 aliphatic carbocycles. The van der Waals surface area contributed by atoms with Gasteiger partial charge in [-0.1, -0.05) is 18.7 Å². The monoisotopic (exact) mass is 619 g/mol. The van der Waals surface area contributed by atoms with Crippen molar-refractivity contribution >= 4 is 12.2 Å². The molecule has 1 amide bonds. The van der Waals surface area contributed by atoms with Gasteiger partial charge in [-0.05, 0) is 63.1 Å². The van der Waals surface area contributed by atoms with Crippen molar-refractivity contribution in [3.8, 4) is 0 Å². The molecule has 3 N–H and O–H groups in total. The summed E-state index contributed by atoms with van der Waals surface area (Å²) in [4.78, 5) is 22.3. The Morgan fingerprint density at radius 1 is 1.11 bits per heavy atom. The number of benzene rings is 1. The second-order valence-electron chi connectivity index (χ2n) is 12.0. The van der Waals surface area contributed by atoms with Gasteiger partial charge in [0.25, 0.3) is 5.91 Å². The molecular formula is C32H44F3N5O4. The van der Waals surface area contributed by atoms with Crippen LogP contribution < -0.4 is 11.1 Å². The summed E-state index contributed by atoms with van der Waals surface area (Å²) in [5, 5.41) is 3.29. The van der Waals surface area contributed by atoms with E-state index in [4.69, 9.17) is 19.9 Å². The number of allylic oxidation sites excluding steroid dienone is 1. The molecule has 4 saturated heterocycles. The number of hydrogen-bond donors (Lipinski definition) is 2. The van der Waals surface area contributed by atoms with Gasteiger partial charge in [-0.15, -0.1) is 0 Å². The molecule has 4 heterocycles. The van der Waals surface area contributed by atoms with Crippen molar-refractivity contribution in [3.63, 3.8) is 0 Å². The lowest BCUT2D eigenvalue weighted by molar-refractivity contribution is -0.151. The van der Waals surface area contributed by atoms with Crippen molar-refractivity contribution in [2.45, 2.75) is 82.0 Å². The lowest BCUT2D eigenvalue weighted by Crippen LogP contribution is -2.60. The molecule has 4 fully saturated rings. The quantitative estimate of drug-likeness (QED) is 0.195. The van der Waals surface area contributed by atoms with E-state index in [2.05, 4.69) is 21.8 Å². The number of ether oxygens (including phenoxy) is 3. The first-order valence-corrected chi connectivity index (χ1v) is 15.6. The standard InChI is InChI=1S/C32H44F3N5O4/c1-21(22(2)37-18-26-4-3-5-28(44-26)23-6-8-24(9-7-23)32(33,34)35)30(38-20-36)31(41)39-13-10-25(11-14-39)40-15-17-43-29-19-42-16-12-27(29)40/h6-9,20,25-29,37H,2-5,10-19H2,1H3,(H2,36,38)/b30-21-/t26-,27-,28+,29+/m1/s1. The van der Waals surface area contributed by atoms with Crippen LogP contribution in [0.3, 0.4) is 0 Å². The molecule has 0 aromatic heterocycles. The van der Waals surface area contributed by atoms with Gasteiger partial charge < -0.3 is 30.2 Å². The maximum atomic E-state index is 13.6. The number of piperidine rings is 1. The van der Waals surface area contributed by atoms with Gasteiger partial charge in [-0.3, -0.25) is 9.69 Å². The number of rotatable bonds is 8. The Labute approximate surface area is 257 Å². The Morgan fingerprint density at radius 3 is 2.57 bits per heavy atom. The predicted octanol–water partition coefficient (Wildman–Crippen LogP) is 4.16. The third-order valence-corrected chi connectivity index (χ3v) is 9.31. The smallest absolute Gasteiger partial charge is 0.390 e. The summed E-state index contributed by atoms with van der Waals surface area (Å²) in [6, 6.07) is 5.95. The fraction of sp³-hybridized carbons (Fsp3) is 0.625. The summed E-state index contributed by atoms with van der Waals surface area (Å²) in [6.45, 7) is 10.7. The Morgan fingerprint density at radius 2 is 1.86 bits per heavy atom. The minimum Gasteiger partial charge on any atom is -0.390 e. The number of nitrogens with zero attached hydrogens (tertiary/aromatic N) is 3. The average molecular weight is 620 g/mol. The molecule has 0 spiro atoms. The number of carbonyl (C=O) groups is 1. The van der Waals surface area contributed by atoms with E-state index in [0.717, 1.165) is 75.7 Å². The Kier molecular flexibility index (Phi) is 10.7. The largest absolute Gasteiger partial charge is 0.416 e. The van der Waals surface area contributed by atoms with Gasteiger partial charge in [0.15, 0.2) is 0 Å². The topological polar surface area (TPSA) is 102 Å². The van der Waals surface area contributed by atoms with Crippen molar-refractivity contribution in [1.29, 1.82) is 0 Å². The Balaban J connectivity index is 1.15. The van der Waals surface area contributed by atoms with Crippen LogP contribution in [0.4, 0.5) is 13.2 Å². The summed E-state index contributed by atoms with van der Waals surface area (Å²) < 4.78 is 56.7. The minimum absolute atomic E-state index is 0.126. The third-order valence-electron chi connectivity index (χ3n) is 9.31. The fourth-order valence-corrected chi connectivity index (χ4v) is 6.80. The SMILES string of the molecule is C=C(NC[C@H]1CCC[C@@H](c2ccc(C(F)(F)F)cc2)O1)/C(C)=C(\N=C/N)C(=O)N1CCC(N2CCO[C@H]3COCC[C@H]32)CC1. The maximum absolute atomic E-state index is 13.6. The number of hydrogen-bond acceptors (Lipinski definition) is 7. The molecule has 0 saturated carbocycles. The molecule has 0 bridgehead atoms. The zero-order valence-corrected chi connectivity index (χ0v) is 25.4. The van der Waals surface area contributed by atoms with Crippen molar-refractivity contribution in [1.82, 2.24) is 15.1 Å². The molecule has 242 valence electrons. The first kappa shape index (κ1) is 32.5. The maximum Gasteiger partial charge on any atom is 0.416 e. The summed E-state index contributed by atoms with van der Waals surface area (Å²) in [5.74, 6) is -0.173. The van der Waals surface area contributed by atoms with Crippen LogP contribution in [0.15, 0.2) is 52.8 Å². The highest BCUT2D eigenvalue weighted by Crippen LogP contribution is 2.34. The van der Waals surface area contributed by atoms with Gasteiger partial charge in [-0.25, -0.2) is 4.99 Å². The van der Waals surface area contributed by atoms with Crippen LogP contribution in [-0.2, 0) is 25.2 Å². The molecule has 0 radical (unpaired) electrons. The number of morpholine rings is 1. The Hall–Kier alpha value is -2.93. The third kappa shape index (κ3) is 7.64. The van der Waals surface area contributed by atoms with Crippen LogP contribution in [0, 0.1) is 0 Å². The number of amides is 1. The Bertz CT molecular complexity index is 1210. The van der Waals surface area contributed by atoms with Gasteiger partial charge in [0.2, 0.25) is 0 Å². The molecule has 4 aliphatic rings. The van der Waals surface area contributed by atoms with Gasteiger partial charge in [0.1, 0.15) is 5.70 Å². The van der Waals surface area contributed by atoms with Crippen molar-refractivity contribution in [2.24, 2.45) is 10.7 Å². The summed E-state index contributed by atoms with van der Waals surface area (Å²) in [6.07, 6.45) is 1.62. The zero-order chi connectivity index (χ0) is 31.3. The van der Waals surface area contributed by atoms with Crippen LogP contribution in [-0.4, -0.2) is 92.3 Å². The molecule has 4 atom stereocenters. The number of aliphatic imine (C=N–C) groups is 1. The number of alkyl halides is 3. The number of carbonyl (C=O) groups excluding carboxylic acids is 1. The number of fused-ring (bicyclic) bond motifs is 1. The van der Waals surface area contributed by atoms with Crippen LogP contribution in [0.1, 0.15) is 62.7 Å². The van der Waals surface area contributed by atoms with E-state index in [1.54, 1.807) is 6.92 Å². The summed E-state index contributed by atoms with van der Waals surface area (Å²) in [7, 11) is 0. The highest BCUT2D eigenvalue weighted by atomic mass is 19.4. The number of halogens is 3. The first-order chi connectivity index (χ1) is 21.2. The van der Waals surface area contributed by atoms with Crippen LogP contribution in [0.25, 0.3) is 0 Å². The second-order valence-corrected chi connectivity index (χ2v) is 12.0. The van der Waals surface area contributed by atoms with Crippen molar-refractivity contribution in [2.75, 3.05) is 46.0 Å². The lowest BCUT2D eigenvalue weighted by atomic mass is 9.95. The zero-order valence-electron chi connectivity index (χ0n) is 25.4. The van der Waals surface area contributed by atoms with E-state index in [1.165, 1.54) is 12.1 Å². The highest BCUT2D eigenvalue weighted by Gasteiger charge is 2.40. The molecule has 44 heavy (non-hydrogen) atoms. The normalized spacial score (nSPS) is 28.0. The van der Waals surface area contributed by atoms with Gasteiger partial charge in [0, 0.05) is 56.1 Å². The van der Waals surface area contributed by atoms with Gasteiger partial charge in [-0.2, -0.15) is 13.2 Å². The van der Waals surface area contributed by atoms with Crippen LogP contribution >= 0.6 is 0 Å². The predicted molar refractivity (Wildman–Crippen MR) is 161 cm³/mol. The van der Waals surface area contributed by atoms with E-state index in [9.17, 15) is 18.0 Å². The fourth-order valence-electron chi connectivity index (χ4n) is 6.80. The number of nitrogens with two attached hydrogens (primary N) is 1. The highest BCUT2D eigenvalue weighted by molar-refractivity contribution is 5.95. The molecule has 5 rings (SSSR count). The molecule has 4 aliphatic heterocycles. The van der Waals surface area contributed by atoms with E-state index in [-0.39, 0.29) is 29.9 Å². The first-order valence-electron chi connectivity index (χ1n) is 15.6. The van der Waals surface area contributed by atoms with E-state index >= 15 is 0 Å². The van der Waals surface area contributed by atoms with Crippen molar-refractivity contribution < 1.29 is 32.2 Å². The molecule has 0 unspecified atom stereocenters. The minimum atomic E-state index is -4.37. The van der Waals surface area contributed by atoms with E-state index in [1.807, 2.05) is 4.90 Å². The van der Waals surface area contributed by atoms with Gasteiger partial charge >= 0.3 is 6.18 Å². The second kappa shape index (κ2) is 14.4. The molecule has 9 nitrogen and oxygen atoms in total. The van der Waals surface area contributed by atoms with Gasteiger partial charge in [0.05, 0.1) is 43.4 Å². The molecule has 12 heteroatoms. The molecular weight excluding hydrogens is 575 g/mol. The lowest BCUT2D eigenvalue weighted by Gasteiger charge is -2.49. The van der Waals surface area contributed by atoms with Crippen molar-refractivity contribution in [3.05, 3.63) is 58.9 Å². The molecule has 1 aromatic carbocycles. The van der Waals surface area contributed by atoms with Crippen LogP contribution in [0.5, 0.6) is 0 Å².